The van der Waals surface area contributed by atoms with Crippen LogP contribution in [0.15, 0.2) is 30.3 Å². The number of nitrogens with one attached hydrogen (secondary N) is 1. The average Bonchev–Trinajstić information content (AvgIpc) is 2.72. The molecule has 0 unspecified atom stereocenters. The number of hydrogen-bond acceptors (Lipinski definition) is 2. The third kappa shape index (κ3) is 1.91. The molecule has 1 aromatic carbocycles. The van der Waals surface area contributed by atoms with Crippen LogP contribution in [0.5, 0.6) is 0 Å². The lowest BCUT2D eigenvalue weighted by molar-refractivity contribution is -0.116. The minimum atomic E-state index is 0.0417. The SMILES string of the molecule is O=C1CCn2nc(-c3ccc(Cl)cc3)cc2N1. The number of carbonyl (C=O) groups is 1. The first kappa shape index (κ1) is 10.4. The first-order valence-electron chi connectivity index (χ1n) is 5.36. The lowest BCUT2D eigenvalue weighted by Gasteiger charge is -2.13. The first-order valence-corrected chi connectivity index (χ1v) is 5.74. The number of nitrogens with zero attached hydrogens (tertiary/aromatic N) is 2. The first-order chi connectivity index (χ1) is 8.22. The molecule has 3 rings (SSSR count). The van der Waals surface area contributed by atoms with Gasteiger partial charge in [-0.1, -0.05) is 23.7 Å². The van der Waals surface area contributed by atoms with Gasteiger partial charge in [0.15, 0.2) is 0 Å². The number of amides is 1. The van der Waals surface area contributed by atoms with Crippen LogP contribution < -0.4 is 5.32 Å². The van der Waals surface area contributed by atoms with Crippen LogP contribution in [0.25, 0.3) is 11.3 Å². The molecule has 0 spiro atoms. The molecule has 1 amide bonds. The Balaban J connectivity index is 1.99. The van der Waals surface area contributed by atoms with E-state index < -0.39 is 0 Å². The number of aromatic nitrogens is 2. The summed E-state index contributed by atoms with van der Waals surface area (Å²) in [6.07, 6.45) is 0.481. The Morgan fingerprint density at radius 1 is 1.29 bits per heavy atom. The van der Waals surface area contributed by atoms with Crippen LogP contribution in [0.2, 0.25) is 5.02 Å². The molecule has 5 heteroatoms. The Hall–Kier alpha value is -1.81. The predicted molar refractivity (Wildman–Crippen MR) is 65.9 cm³/mol. The van der Waals surface area contributed by atoms with E-state index in [0.29, 0.717) is 18.0 Å². The van der Waals surface area contributed by atoms with Gasteiger partial charge in [0.1, 0.15) is 5.82 Å². The highest BCUT2D eigenvalue weighted by Gasteiger charge is 2.17. The Bertz CT molecular complexity index is 574. The van der Waals surface area contributed by atoms with Crippen LogP contribution in [-0.4, -0.2) is 15.7 Å². The number of benzene rings is 1. The van der Waals surface area contributed by atoms with Gasteiger partial charge >= 0.3 is 0 Å². The molecule has 0 fully saturated rings. The Morgan fingerprint density at radius 3 is 2.82 bits per heavy atom. The van der Waals surface area contributed by atoms with Crippen molar-refractivity contribution >= 4 is 23.3 Å². The van der Waals surface area contributed by atoms with E-state index in [0.717, 1.165) is 17.1 Å². The molecule has 0 saturated carbocycles. The summed E-state index contributed by atoms with van der Waals surface area (Å²) in [5.74, 6) is 0.797. The molecule has 0 saturated heterocycles. The molecule has 0 atom stereocenters. The molecular formula is C12H10ClN3O. The smallest absolute Gasteiger partial charge is 0.227 e. The van der Waals surface area contributed by atoms with Crippen LogP contribution >= 0.6 is 11.6 Å². The summed E-state index contributed by atoms with van der Waals surface area (Å²) in [5.41, 5.74) is 1.84. The maximum atomic E-state index is 11.2. The van der Waals surface area contributed by atoms with Crippen LogP contribution in [0, 0.1) is 0 Å². The molecule has 2 aromatic rings. The van der Waals surface area contributed by atoms with Crippen molar-refractivity contribution in [2.24, 2.45) is 0 Å². The monoisotopic (exact) mass is 247 g/mol. The number of fused-ring (bicyclic) bond motifs is 1. The summed E-state index contributed by atoms with van der Waals surface area (Å²) < 4.78 is 1.81. The molecule has 1 aliphatic heterocycles. The molecule has 2 heterocycles. The van der Waals surface area contributed by atoms with Crippen LogP contribution in [0.1, 0.15) is 6.42 Å². The standard InChI is InChI=1S/C12H10ClN3O/c13-9-3-1-8(2-4-9)10-7-11-14-12(17)5-6-16(11)15-10/h1-4,7H,5-6H2,(H,14,17). The van der Waals surface area contributed by atoms with Crippen LogP contribution in [0.3, 0.4) is 0 Å². The summed E-state index contributed by atoms with van der Waals surface area (Å²) in [5, 5.41) is 7.94. The van der Waals surface area contributed by atoms with Crippen LogP contribution in [-0.2, 0) is 11.3 Å². The fourth-order valence-corrected chi connectivity index (χ4v) is 1.99. The fourth-order valence-electron chi connectivity index (χ4n) is 1.86. The quantitative estimate of drug-likeness (QED) is 0.842. The summed E-state index contributed by atoms with van der Waals surface area (Å²) in [6, 6.07) is 9.36. The number of anilines is 1. The number of aryl methyl sites for hydroxylation is 1. The minimum absolute atomic E-state index is 0.0417. The molecule has 1 N–H and O–H groups in total. The Morgan fingerprint density at radius 2 is 2.06 bits per heavy atom. The molecule has 4 nitrogen and oxygen atoms in total. The van der Waals surface area contributed by atoms with E-state index in [-0.39, 0.29) is 5.91 Å². The van der Waals surface area contributed by atoms with Crippen molar-refractivity contribution in [1.82, 2.24) is 9.78 Å². The largest absolute Gasteiger partial charge is 0.311 e. The normalized spacial score (nSPS) is 14.3. The molecule has 1 aliphatic rings. The number of rotatable bonds is 1. The van der Waals surface area contributed by atoms with Crippen molar-refractivity contribution in [3.8, 4) is 11.3 Å². The number of halogens is 1. The van der Waals surface area contributed by atoms with Crippen molar-refractivity contribution in [1.29, 1.82) is 0 Å². The zero-order chi connectivity index (χ0) is 11.8. The molecule has 1 aromatic heterocycles. The van der Waals surface area contributed by atoms with Gasteiger partial charge in [-0.3, -0.25) is 4.79 Å². The summed E-state index contributed by atoms with van der Waals surface area (Å²) >= 11 is 5.84. The predicted octanol–water partition coefficient (Wildman–Crippen LogP) is 2.55. The van der Waals surface area contributed by atoms with Gasteiger partial charge in [0, 0.05) is 23.1 Å². The van der Waals surface area contributed by atoms with E-state index in [4.69, 9.17) is 11.6 Å². The second kappa shape index (κ2) is 3.89. The third-order valence-electron chi connectivity index (χ3n) is 2.74. The third-order valence-corrected chi connectivity index (χ3v) is 2.99. The van der Waals surface area contributed by atoms with Gasteiger partial charge in [-0.15, -0.1) is 0 Å². The Labute approximate surface area is 103 Å². The summed E-state index contributed by atoms with van der Waals surface area (Å²) in [7, 11) is 0. The topological polar surface area (TPSA) is 46.9 Å². The Kier molecular flexibility index (Phi) is 2.37. The van der Waals surface area contributed by atoms with Crippen molar-refractivity contribution in [3.05, 3.63) is 35.4 Å². The van der Waals surface area contributed by atoms with Crippen LogP contribution in [0.4, 0.5) is 5.82 Å². The molecule has 0 radical (unpaired) electrons. The zero-order valence-corrected chi connectivity index (χ0v) is 9.74. The fraction of sp³-hybridized carbons (Fsp3) is 0.167. The second-order valence-electron chi connectivity index (χ2n) is 3.94. The maximum absolute atomic E-state index is 11.2. The van der Waals surface area contributed by atoms with Gasteiger partial charge in [-0.25, -0.2) is 4.68 Å². The van der Waals surface area contributed by atoms with E-state index in [1.165, 1.54) is 0 Å². The maximum Gasteiger partial charge on any atom is 0.227 e. The van der Waals surface area contributed by atoms with Crippen molar-refractivity contribution in [2.45, 2.75) is 13.0 Å². The van der Waals surface area contributed by atoms with Crippen molar-refractivity contribution < 1.29 is 4.79 Å². The molecular weight excluding hydrogens is 238 g/mol. The summed E-state index contributed by atoms with van der Waals surface area (Å²) in [6.45, 7) is 0.634. The van der Waals surface area contributed by atoms with Gasteiger partial charge in [0.2, 0.25) is 5.91 Å². The highest BCUT2D eigenvalue weighted by atomic mass is 35.5. The lowest BCUT2D eigenvalue weighted by Crippen LogP contribution is -2.23. The van der Waals surface area contributed by atoms with E-state index in [1.807, 2.05) is 35.0 Å². The van der Waals surface area contributed by atoms with Crippen molar-refractivity contribution in [2.75, 3.05) is 5.32 Å². The minimum Gasteiger partial charge on any atom is -0.311 e. The summed E-state index contributed by atoms with van der Waals surface area (Å²) in [4.78, 5) is 11.2. The van der Waals surface area contributed by atoms with E-state index in [2.05, 4.69) is 10.4 Å². The molecule has 86 valence electrons. The second-order valence-corrected chi connectivity index (χ2v) is 4.38. The van der Waals surface area contributed by atoms with Gasteiger partial charge < -0.3 is 5.32 Å². The van der Waals surface area contributed by atoms with Gasteiger partial charge in [-0.2, -0.15) is 5.10 Å². The highest BCUT2D eigenvalue weighted by Crippen LogP contribution is 2.25. The lowest BCUT2D eigenvalue weighted by atomic mass is 10.1. The van der Waals surface area contributed by atoms with Crippen molar-refractivity contribution in [3.63, 3.8) is 0 Å². The molecule has 17 heavy (non-hydrogen) atoms. The molecule has 0 aliphatic carbocycles. The average molecular weight is 248 g/mol. The van der Waals surface area contributed by atoms with Gasteiger partial charge in [0.05, 0.1) is 12.2 Å². The van der Waals surface area contributed by atoms with E-state index in [9.17, 15) is 4.79 Å². The molecule has 0 bridgehead atoms. The van der Waals surface area contributed by atoms with Gasteiger partial charge in [0.25, 0.3) is 0 Å². The van der Waals surface area contributed by atoms with E-state index >= 15 is 0 Å². The number of carbonyl (C=O) groups excluding carboxylic acids is 1. The van der Waals surface area contributed by atoms with E-state index in [1.54, 1.807) is 0 Å². The zero-order valence-electron chi connectivity index (χ0n) is 8.98. The number of hydrogen-bond donors (Lipinski definition) is 1. The van der Waals surface area contributed by atoms with Gasteiger partial charge in [-0.05, 0) is 12.1 Å². The highest BCUT2D eigenvalue weighted by molar-refractivity contribution is 6.30.